The van der Waals surface area contributed by atoms with Gasteiger partial charge in [0.25, 0.3) is 0 Å². The molecule has 2 aromatic carbocycles. The summed E-state index contributed by atoms with van der Waals surface area (Å²) in [4.78, 5) is 23.8. The first-order valence-corrected chi connectivity index (χ1v) is 11.4. The first-order chi connectivity index (χ1) is 14.3. The van der Waals surface area contributed by atoms with Crippen LogP contribution in [0.1, 0.15) is 28.8 Å². The maximum atomic E-state index is 12.5. The molecule has 0 spiro atoms. The zero-order valence-corrected chi connectivity index (χ0v) is 17.5. The summed E-state index contributed by atoms with van der Waals surface area (Å²) in [7, 11) is 0. The van der Waals surface area contributed by atoms with Crippen LogP contribution in [0.3, 0.4) is 0 Å². The van der Waals surface area contributed by atoms with Gasteiger partial charge in [-0.1, -0.05) is 24.3 Å². The first-order valence-electron chi connectivity index (χ1n) is 9.82. The number of aromatic nitrogens is 2. The van der Waals surface area contributed by atoms with Gasteiger partial charge in [0, 0.05) is 19.0 Å². The van der Waals surface area contributed by atoms with Crippen molar-refractivity contribution in [3.05, 3.63) is 58.5 Å². The third kappa shape index (κ3) is 4.03. The van der Waals surface area contributed by atoms with Crippen LogP contribution in [0, 0.1) is 0 Å². The number of thiazole rings is 2. The maximum Gasteiger partial charge on any atom is 0.248 e. The van der Waals surface area contributed by atoms with E-state index in [0.717, 1.165) is 46.7 Å². The van der Waals surface area contributed by atoms with Gasteiger partial charge in [0.15, 0.2) is 0 Å². The second kappa shape index (κ2) is 8.18. The number of carbonyl (C=O) groups is 1. The highest BCUT2D eigenvalue weighted by Crippen LogP contribution is 2.33. The van der Waals surface area contributed by atoms with Crippen LogP contribution < -0.4 is 0 Å². The van der Waals surface area contributed by atoms with Gasteiger partial charge in [0.05, 0.1) is 32.0 Å². The highest BCUT2D eigenvalue weighted by atomic mass is 32.1. The minimum atomic E-state index is 0.0638. The number of amides is 1. The fourth-order valence-electron chi connectivity index (χ4n) is 3.74. The van der Waals surface area contributed by atoms with E-state index in [2.05, 4.69) is 29.2 Å². The van der Waals surface area contributed by atoms with Crippen LogP contribution in [-0.4, -0.2) is 40.5 Å². The molecule has 5 rings (SSSR count). The molecule has 1 fully saturated rings. The van der Waals surface area contributed by atoms with E-state index in [9.17, 15) is 4.79 Å². The van der Waals surface area contributed by atoms with Gasteiger partial charge in [-0.2, -0.15) is 0 Å². The first kappa shape index (κ1) is 18.7. The summed E-state index contributed by atoms with van der Waals surface area (Å²) in [6.07, 6.45) is 1.92. The Labute approximate surface area is 177 Å². The lowest BCUT2D eigenvalue weighted by Gasteiger charge is -2.31. The Morgan fingerprint density at radius 1 is 0.966 bits per heavy atom. The minimum Gasteiger partial charge on any atom is -0.364 e. The maximum absolute atomic E-state index is 12.5. The Kier molecular flexibility index (Phi) is 5.26. The number of hydrogen-bond acceptors (Lipinski definition) is 6. The average Bonchev–Trinajstić information content (AvgIpc) is 3.37. The van der Waals surface area contributed by atoms with Gasteiger partial charge in [0.2, 0.25) is 5.91 Å². The predicted molar refractivity (Wildman–Crippen MR) is 117 cm³/mol. The molecule has 4 aromatic rings. The summed E-state index contributed by atoms with van der Waals surface area (Å²) in [5.74, 6) is 0.508. The van der Waals surface area contributed by atoms with Crippen LogP contribution in [0.25, 0.3) is 20.4 Å². The number of benzene rings is 2. The number of fused-ring (bicyclic) bond motifs is 2. The van der Waals surface area contributed by atoms with Crippen molar-refractivity contribution < 1.29 is 9.53 Å². The minimum absolute atomic E-state index is 0.0638. The summed E-state index contributed by atoms with van der Waals surface area (Å²) in [5.41, 5.74) is 2.06. The fraction of sp³-hybridized carbons (Fsp3) is 0.318. The van der Waals surface area contributed by atoms with Gasteiger partial charge in [-0.05, 0) is 37.1 Å². The molecule has 5 nitrogen and oxygen atoms in total. The lowest BCUT2D eigenvalue weighted by molar-refractivity contribution is -0.137. The predicted octanol–water partition coefficient (Wildman–Crippen LogP) is 4.83. The number of carbonyl (C=O) groups excluding carboxylic acids is 1. The zero-order valence-electron chi connectivity index (χ0n) is 15.9. The second-order valence-corrected chi connectivity index (χ2v) is 9.42. The molecule has 1 saturated heterocycles. The van der Waals surface area contributed by atoms with Gasteiger partial charge < -0.3 is 9.64 Å². The van der Waals surface area contributed by atoms with Crippen LogP contribution in [0.15, 0.2) is 48.5 Å². The molecule has 0 atom stereocenters. The van der Waals surface area contributed by atoms with E-state index in [1.165, 1.54) is 9.71 Å². The molecule has 0 bridgehead atoms. The van der Waals surface area contributed by atoms with Gasteiger partial charge >= 0.3 is 0 Å². The Balaban J connectivity index is 1.12. The van der Waals surface area contributed by atoms with E-state index in [-0.39, 0.29) is 12.5 Å². The van der Waals surface area contributed by atoms with Gasteiger partial charge in [0.1, 0.15) is 11.6 Å². The number of hydrogen-bond donors (Lipinski definition) is 0. The van der Waals surface area contributed by atoms with Crippen molar-refractivity contribution >= 4 is 49.0 Å². The highest BCUT2D eigenvalue weighted by Gasteiger charge is 2.26. The standard InChI is InChI=1S/C22H21N3O2S2/c26-21(14-27-13-20-23-16-5-1-3-7-18(16)28-20)25-11-9-15(10-12-25)22-24-17-6-2-4-8-19(17)29-22/h1-8,15H,9-14H2. The molecular weight excluding hydrogens is 402 g/mol. The largest absolute Gasteiger partial charge is 0.364 e. The lowest BCUT2D eigenvalue weighted by Crippen LogP contribution is -2.39. The Morgan fingerprint density at radius 2 is 1.62 bits per heavy atom. The van der Waals surface area contributed by atoms with Crippen LogP contribution in [0.5, 0.6) is 0 Å². The summed E-state index contributed by atoms with van der Waals surface area (Å²) in [6.45, 7) is 2.03. The summed E-state index contributed by atoms with van der Waals surface area (Å²) >= 11 is 3.40. The molecular formula is C22H21N3O2S2. The smallest absolute Gasteiger partial charge is 0.248 e. The van der Waals surface area contributed by atoms with Crippen LogP contribution in [0.2, 0.25) is 0 Å². The number of nitrogens with zero attached hydrogens (tertiary/aromatic N) is 3. The van der Waals surface area contributed by atoms with E-state index in [1.807, 2.05) is 29.2 Å². The van der Waals surface area contributed by atoms with Crippen molar-refractivity contribution in [2.24, 2.45) is 0 Å². The number of piperidine rings is 1. The molecule has 0 radical (unpaired) electrons. The van der Waals surface area contributed by atoms with Crippen LogP contribution in [0.4, 0.5) is 0 Å². The molecule has 2 aromatic heterocycles. The van der Waals surface area contributed by atoms with Crippen molar-refractivity contribution in [2.45, 2.75) is 25.4 Å². The molecule has 0 aliphatic carbocycles. The van der Waals surface area contributed by atoms with Crippen molar-refractivity contribution in [3.8, 4) is 0 Å². The van der Waals surface area contributed by atoms with Gasteiger partial charge in [-0.3, -0.25) is 4.79 Å². The number of ether oxygens (including phenoxy) is 1. The molecule has 29 heavy (non-hydrogen) atoms. The Hall–Kier alpha value is -2.35. The number of rotatable bonds is 5. The van der Waals surface area contributed by atoms with E-state index < -0.39 is 0 Å². The third-order valence-corrected chi connectivity index (χ3v) is 7.51. The molecule has 1 aliphatic heterocycles. The average molecular weight is 424 g/mol. The summed E-state index contributed by atoms with van der Waals surface area (Å²) in [5, 5.41) is 2.11. The quantitative estimate of drug-likeness (QED) is 0.461. The Morgan fingerprint density at radius 3 is 2.31 bits per heavy atom. The SMILES string of the molecule is O=C(COCc1nc2ccccc2s1)N1CCC(c2nc3ccccc3s2)CC1. The van der Waals surface area contributed by atoms with Gasteiger partial charge in [-0.25, -0.2) is 9.97 Å². The molecule has 1 aliphatic rings. The van der Waals surface area contributed by atoms with E-state index >= 15 is 0 Å². The number of likely N-dealkylation sites (tertiary alicyclic amines) is 1. The van der Waals surface area contributed by atoms with Crippen molar-refractivity contribution in [2.75, 3.05) is 19.7 Å². The van der Waals surface area contributed by atoms with Crippen LogP contribution >= 0.6 is 22.7 Å². The topological polar surface area (TPSA) is 55.3 Å². The molecule has 0 saturated carbocycles. The number of para-hydroxylation sites is 2. The van der Waals surface area contributed by atoms with Crippen molar-refractivity contribution in [1.29, 1.82) is 0 Å². The Bertz CT molecular complexity index is 1080. The molecule has 3 heterocycles. The summed E-state index contributed by atoms with van der Waals surface area (Å²) < 4.78 is 8.05. The van der Waals surface area contributed by atoms with Gasteiger partial charge in [-0.15, -0.1) is 22.7 Å². The highest BCUT2D eigenvalue weighted by molar-refractivity contribution is 7.18. The van der Waals surface area contributed by atoms with E-state index in [1.54, 1.807) is 22.7 Å². The third-order valence-electron chi connectivity index (χ3n) is 5.30. The normalized spacial score (nSPS) is 15.4. The van der Waals surface area contributed by atoms with E-state index in [4.69, 9.17) is 9.72 Å². The summed E-state index contributed by atoms with van der Waals surface area (Å²) in [6, 6.07) is 16.3. The monoisotopic (exact) mass is 423 g/mol. The fourth-order valence-corrected chi connectivity index (χ4v) is 5.78. The molecule has 0 unspecified atom stereocenters. The van der Waals surface area contributed by atoms with Crippen molar-refractivity contribution in [1.82, 2.24) is 14.9 Å². The van der Waals surface area contributed by atoms with E-state index in [0.29, 0.717) is 12.5 Å². The second-order valence-electron chi connectivity index (χ2n) is 7.24. The molecule has 0 N–H and O–H groups in total. The molecule has 7 heteroatoms. The molecule has 148 valence electrons. The van der Waals surface area contributed by atoms with Crippen LogP contribution in [-0.2, 0) is 16.1 Å². The van der Waals surface area contributed by atoms with Crippen molar-refractivity contribution in [3.63, 3.8) is 0 Å². The lowest BCUT2D eigenvalue weighted by atomic mass is 9.97. The zero-order chi connectivity index (χ0) is 19.6. The molecule has 1 amide bonds.